The van der Waals surface area contributed by atoms with Crippen LogP contribution < -0.4 is 10.2 Å². The molecule has 0 atom stereocenters. The van der Waals surface area contributed by atoms with Crippen LogP contribution in [-0.2, 0) is 13.1 Å². The minimum absolute atomic E-state index is 0.357. The zero-order valence-electron chi connectivity index (χ0n) is 25.2. The molecule has 1 aromatic heterocycles. The Morgan fingerprint density at radius 2 is 1.05 bits per heavy atom. The van der Waals surface area contributed by atoms with Crippen molar-refractivity contribution in [3.05, 3.63) is 137 Å². The van der Waals surface area contributed by atoms with Crippen LogP contribution in [0.3, 0.4) is 0 Å². The van der Waals surface area contributed by atoms with Gasteiger partial charge in [-0.2, -0.15) is 0 Å². The monoisotopic (exact) mass is 539 g/mol. The van der Waals surface area contributed by atoms with Gasteiger partial charge in [-0.25, -0.2) is 4.98 Å². The first kappa shape index (κ1) is 28.2. The molecule has 4 aromatic carbocycles. The lowest BCUT2D eigenvalue weighted by Crippen LogP contribution is -2.22. The van der Waals surface area contributed by atoms with Crippen molar-refractivity contribution < 1.29 is 0 Å². The molecule has 41 heavy (non-hydrogen) atoms. The average molecular weight is 540 g/mol. The molecule has 0 saturated heterocycles. The number of pyridine rings is 1. The second-order valence-electron chi connectivity index (χ2n) is 11.4. The number of benzene rings is 4. The molecular formula is C38H41N3. The maximum absolute atomic E-state index is 4.69. The topological polar surface area (TPSA) is 28.2 Å². The highest BCUT2D eigenvalue weighted by Gasteiger charge is 2.18. The van der Waals surface area contributed by atoms with Gasteiger partial charge in [0, 0.05) is 36.6 Å². The first-order chi connectivity index (χ1) is 19.8. The van der Waals surface area contributed by atoms with Crippen molar-refractivity contribution in [1.82, 2.24) is 4.98 Å². The van der Waals surface area contributed by atoms with Crippen LogP contribution in [-0.4, -0.2) is 11.0 Å². The van der Waals surface area contributed by atoms with Crippen LogP contribution in [0.5, 0.6) is 0 Å². The van der Waals surface area contributed by atoms with Gasteiger partial charge in [-0.3, -0.25) is 0 Å². The van der Waals surface area contributed by atoms with E-state index in [1.165, 1.54) is 61.3 Å². The molecule has 5 aromatic rings. The number of nitrogens with one attached hydrogen (secondary N) is 1. The second kappa shape index (κ2) is 12.4. The van der Waals surface area contributed by atoms with Crippen LogP contribution in [0, 0.1) is 27.7 Å². The molecule has 0 saturated carbocycles. The normalized spacial score (nSPS) is 11.1. The largest absolute Gasteiger partial charge is 0.368 e. The lowest BCUT2D eigenvalue weighted by molar-refractivity contribution is 0.800. The van der Waals surface area contributed by atoms with Crippen LogP contribution in [0.4, 0.5) is 11.5 Å². The Balaban J connectivity index is 1.47. The molecule has 0 spiro atoms. The van der Waals surface area contributed by atoms with E-state index in [1.807, 2.05) is 6.20 Å². The van der Waals surface area contributed by atoms with Crippen molar-refractivity contribution >= 4 is 11.5 Å². The minimum Gasteiger partial charge on any atom is -0.368 e. The maximum atomic E-state index is 4.69. The molecule has 0 amide bonds. The first-order valence-corrected chi connectivity index (χ1v) is 14.6. The third-order valence-electron chi connectivity index (χ3n) is 8.07. The summed E-state index contributed by atoms with van der Waals surface area (Å²) in [7, 11) is 0. The predicted octanol–water partition coefficient (Wildman–Crippen LogP) is 9.68. The van der Waals surface area contributed by atoms with Gasteiger partial charge in [-0.05, 0) is 116 Å². The lowest BCUT2D eigenvalue weighted by Gasteiger charge is -2.26. The third kappa shape index (κ3) is 6.36. The number of aromatic nitrogens is 1. The van der Waals surface area contributed by atoms with Crippen LogP contribution in [0.15, 0.2) is 103 Å². The van der Waals surface area contributed by atoms with Crippen molar-refractivity contribution in [3.8, 4) is 22.3 Å². The summed E-state index contributed by atoms with van der Waals surface area (Å²) >= 11 is 0. The molecule has 0 aliphatic rings. The Morgan fingerprint density at radius 1 is 0.585 bits per heavy atom. The van der Waals surface area contributed by atoms with E-state index in [0.29, 0.717) is 6.04 Å². The molecule has 208 valence electrons. The molecule has 3 heteroatoms. The Kier molecular flexibility index (Phi) is 8.54. The van der Waals surface area contributed by atoms with E-state index in [-0.39, 0.29) is 0 Å². The Hall–Kier alpha value is -4.37. The molecule has 0 radical (unpaired) electrons. The number of nitrogens with zero attached hydrogens (tertiary/aromatic N) is 2. The fourth-order valence-corrected chi connectivity index (χ4v) is 5.79. The maximum Gasteiger partial charge on any atom is 0.126 e. The zero-order valence-corrected chi connectivity index (χ0v) is 25.2. The molecule has 0 fully saturated rings. The summed E-state index contributed by atoms with van der Waals surface area (Å²) in [6.45, 7) is 15.0. The number of hydrogen-bond donors (Lipinski definition) is 1. The van der Waals surface area contributed by atoms with Crippen molar-refractivity contribution in [3.63, 3.8) is 0 Å². The quantitative estimate of drug-likeness (QED) is 0.202. The summed E-state index contributed by atoms with van der Waals surface area (Å²) in [4.78, 5) is 7.14. The number of anilines is 2. The molecule has 1 N–H and O–H groups in total. The SMILES string of the molecule is Cc1c(C)c(-c2ccc(NC(C)C)nc2)c(C)c(C)c1-c1ccc(N(Cc2ccccc2)Cc2ccccc2)cc1. The van der Waals surface area contributed by atoms with Gasteiger partial charge in [-0.1, -0.05) is 72.8 Å². The van der Waals surface area contributed by atoms with Crippen molar-refractivity contribution in [2.75, 3.05) is 10.2 Å². The highest BCUT2D eigenvalue weighted by molar-refractivity contribution is 5.83. The van der Waals surface area contributed by atoms with Crippen LogP contribution in [0.1, 0.15) is 47.2 Å². The van der Waals surface area contributed by atoms with Gasteiger partial charge in [-0.15, -0.1) is 0 Å². The molecule has 0 unspecified atom stereocenters. The third-order valence-corrected chi connectivity index (χ3v) is 8.07. The highest BCUT2D eigenvalue weighted by Crippen LogP contribution is 2.39. The Labute approximate surface area is 245 Å². The van der Waals surface area contributed by atoms with Gasteiger partial charge in [0.05, 0.1) is 0 Å². The van der Waals surface area contributed by atoms with E-state index >= 15 is 0 Å². The fraction of sp³-hybridized carbons (Fsp3) is 0.237. The van der Waals surface area contributed by atoms with E-state index in [1.54, 1.807) is 0 Å². The smallest absolute Gasteiger partial charge is 0.126 e. The van der Waals surface area contributed by atoms with Gasteiger partial charge in [0.2, 0.25) is 0 Å². The Morgan fingerprint density at radius 3 is 1.49 bits per heavy atom. The van der Waals surface area contributed by atoms with E-state index in [2.05, 4.69) is 154 Å². The molecule has 3 nitrogen and oxygen atoms in total. The van der Waals surface area contributed by atoms with Gasteiger partial charge < -0.3 is 10.2 Å². The first-order valence-electron chi connectivity index (χ1n) is 14.6. The van der Waals surface area contributed by atoms with Crippen LogP contribution >= 0.6 is 0 Å². The summed E-state index contributed by atoms with van der Waals surface area (Å²) in [6.07, 6.45) is 2.00. The van der Waals surface area contributed by atoms with Gasteiger partial charge in [0.15, 0.2) is 0 Å². The average Bonchev–Trinajstić information content (AvgIpc) is 2.98. The van der Waals surface area contributed by atoms with Gasteiger partial charge in [0.25, 0.3) is 0 Å². The van der Waals surface area contributed by atoms with Gasteiger partial charge in [0.1, 0.15) is 5.82 Å². The number of rotatable bonds is 9. The molecule has 0 aliphatic carbocycles. The van der Waals surface area contributed by atoms with Crippen LogP contribution in [0.25, 0.3) is 22.3 Å². The zero-order chi connectivity index (χ0) is 28.9. The molecule has 0 bridgehead atoms. The molecule has 0 aliphatic heterocycles. The van der Waals surface area contributed by atoms with Crippen molar-refractivity contribution in [2.24, 2.45) is 0 Å². The van der Waals surface area contributed by atoms with E-state index in [9.17, 15) is 0 Å². The minimum atomic E-state index is 0.357. The lowest BCUT2D eigenvalue weighted by atomic mass is 9.83. The summed E-state index contributed by atoms with van der Waals surface area (Å²) in [6, 6.07) is 35.2. The van der Waals surface area contributed by atoms with E-state index < -0.39 is 0 Å². The van der Waals surface area contributed by atoms with Crippen molar-refractivity contribution in [2.45, 2.75) is 60.7 Å². The Bertz CT molecular complexity index is 1520. The number of hydrogen-bond acceptors (Lipinski definition) is 3. The van der Waals surface area contributed by atoms with Crippen LogP contribution in [0.2, 0.25) is 0 Å². The summed E-state index contributed by atoms with van der Waals surface area (Å²) in [5.74, 6) is 0.915. The second-order valence-corrected chi connectivity index (χ2v) is 11.4. The van der Waals surface area contributed by atoms with Gasteiger partial charge >= 0.3 is 0 Å². The summed E-state index contributed by atoms with van der Waals surface area (Å²) in [5, 5.41) is 3.39. The highest BCUT2D eigenvalue weighted by atomic mass is 15.1. The van der Waals surface area contributed by atoms with E-state index in [0.717, 1.165) is 18.9 Å². The molecular weight excluding hydrogens is 498 g/mol. The molecule has 5 rings (SSSR count). The summed E-state index contributed by atoms with van der Waals surface area (Å²) in [5.41, 5.74) is 14.2. The predicted molar refractivity (Wildman–Crippen MR) is 176 cm³/mol. The van der Waals surface area contributed by atoms with E-state index in [4.69, 9.17) is 0 Å². The van der Waals surface area contributed by atoms with Crippen molar-refractivity contribution in [1.29, 1.82) is 0 Å². The fourth-order valence-electron chi connectivity index (χ4n) is 5.79. The molecule has 1 heterocycles. The summed E-state index contributed by atoms with van der Waals surface area (Å²) < 4.78 is 0. The standard InChI is InChI=1S/C38H41N3/c1-26(2)40-36-22-19-34(23-39-36)38-29(5)27(3)37(28(4)30(38)6)33-17-20-35(21-18-33)41(24-31-13-9-7-10-14-31)25-32-15-11-8-12-16-32/h7-23,26H,24-25H2,1-6H3,(H,39,40).